The number of aryl methyl sites for hydroxylation is 2. The average Bonchev–Trinajstić information content (AvgIpc) is 2.33. The quantitative estimate of drug-likeness (QED) is 0.848. The average molecular weight is 233 g/mol. The van der Waals surface area contributed by atoms with Gasteiger partial charge in [-0.25, -0.2) is 0 Å². The van der Waals surface area contributed by atoms with Crippen molar-refractivity contribution in [3.8, 4) is 0 Å². The minimum atomic E-state index is 0.212. The summed E-state index contributed by atoms with van der Waals surface area (Å²) in [6.45, 7) is 10.5. The highest BCUT2D eigenvalue weighted by Crippen LogP contribution is 2.23. The van der Waals surface area contributed by atoms with Crippen molar-refractivity contribution in [2.45, 2.75) is 39.8 Å². The third-order valence-corrected chi connectivity index (χ3v) is 3.75. The first-order chi connectivity index (χ1) is 8.08. The van der Waals surface area contributed by atoms with E-state index < -0.39 is 0 Å². The Hall–Kier alpha value is -0.860. The molecule has 1 saturated heterocycles. The van der Waals surface area contributed by atoms with Crippen LogP contribution in [0.2, 0.25) is 0 Å². The molecule has 1 aliphatic rings. The fraction of sp³-hybridized carbons (Fsp3) is 0.600. The summed E-state index contributed by atoms with van der Waals surface area (Å²) < 4.78 is 5.97. The molecule has 1 aliphatic heterocycles. The van der Waals surface area contributed by atoms with E-state index in [1.165, 1.54) is 16.7 Å². The normalized spacial score (nSPS) is 25.2. The van der Waals surface area contributed by atoms with Gasteiger partial charge in [0.15, 0.2) is 0 Å². The van der Waals surface area contributed by atoms with Crippen LogP contribution in [0.25, 0.3) is 0 Å². The SMILES string of the molecule is Cc1ccc(C2CNC(C(C)C)CO2)cc1C. The Morgan fingerprint density at radius 2 is 2.00 bits per heavy atom. The molecule has 1 heterocycles. The molecule has 0 bridgehead atoms. The molecular weight excluding hydrogens is 210 g/mol. The first kappa shape index (κ1) is 12.6. The Bertz CT molecular complexity index is 379. The van der Waals surface area contributed by atoms with E-state index in [0.717, 1.165) is 13.2 Å². The highest BCUT2D eigenvalue weighted by Gasteiger charge is 2.24. The van der Waals surface area contributed by atoms with Gasteiger partial charge in [-0.05, 0) is 36.5 Å². The molecule has 1 aromatic rings. The number of rotatable bonds is 2. The zero-order valence-corrected chi connectivity index (χ0v) is 11.3. The Morgan fingerprint density at radius 1 is 1.24 bits per heavy atom. The standard InChI is InChI=1S/C15H23NO/c1-10(2)14-9-17-15(8-16-14)13-6-5-11(3)12(4)7-13/h5-7,10,14-16H,8-9H2,1-4H3. The summed E-state index contributed by atoms with van der Waals surface area (Å²) in [7, 11) is 0. The van der Waals surface area contributed by atoms with Gasteiger partial charge in [0.2, 0.25) is 0 Å². The molecule has 2 heteroatoms. The van der Waals surface area contributed by atoms with Gasteiger partial charge >= 0.3 is 0 Å². The molecule has 1 N–H and O–H groups in total. The summed E-state index contributed by atoms with van der Waals surface area (Å²) in [5, 5.41) is 3.58. The Kier molecular flexibility index (Phi) is 3.85. The molecule has 0 saturated carbocycles. The van der Waals surface area contributed by atoms with E-state index in [4.69, 9.17) is 4.74 Å². The molecule has 94 valence electrons. The van der Waals surface area contributed by atoms with Crippen molar-refractivity contribution >= 4 is 0 Å². The predicted octanol–water partition coefficient (Wildman–Crippen LogP) is 2.99. The summed E-state index contributed by atoms with van der Waals surface area (Å²) >= 11 is 0. The van der Waals surface area contributed by atoms with Gasteiger partial charge in [0, 0.05) is 12.6 Å². The number of nitrogens with one attached hydrogen (secondary N) is 1. The number of hydrogen-bond donors (Lipinski definition) is 1. The maximum Gasteiger partial charge on any atom is 0.0950 e. The fourth-order valence-electron chi connectivity index (χ4n) is 2.20. The van der Waals surface area contributed by atoms with E-state index in [-0.39, 0.29) is 6.10 Å². The number of morpholine rings is 1. The van der Waals surface area contributed by atoms with E-state index in [9.17, 15) is 0 Å². The second kappa shape index (κ2) is 5.19. The van der Waals surface area contributed by atoms with E-state index in [1.54, 1.807) is 0 Å². The molecule has 0 spiro atoms. The van der Waals surface area contributed by atoms with Crippen LogP contribution in [0.4, 0.5) is 0 Å². The fourth-order valence-corrected chi connectivity index (χ4v) is 2.20. The van der Waals surface area contributed by atoms with Crippen LogP contribution in [0.1, 0.15) is 36.6 Å². The van der Waals surface area contributed by atoms with Crippen molar-refractivity contribution in [3.63, 3.8) is 0 Å². The van der Waals surface area contributed by atoms with Crippen LogP contribution in [0, 0.1) is 19.8 Å². The summed E-state index contributed by atoms with van der Waals surface area (Å²) in [4.78, 5) is 0. The Labute approximate surface area is 104 Å². The summed E-state index contributed by atoms with van der Waals surface area (Å²) in [6, 6.07) is 7.11. The van der Waals surface area contributed by atoms with Gasteiger partial charge in [-0.1, -0.05) is 32.0 Å². The first-order valence-electron chi connectivity index (χ1n) is 6.50. The lowest BCUT2D eigenvalue weighted by molar-refractivity contribution is -0.00714. The van der Waals surface area contributed by atoms with E-state index in [1.807, 2.05) is 0 Å². The summed E-state index contributed by atoms with van der Waals surface area (Å²) in [6.07, 6.45) is 0.212. The monoisotopic (exact) mass is 233 g/mol. The third-order valence-electron chi connectivity index (χ3n) is 3.75. The molecule has 1 aromatic carbocycles. The largest absolute Gasteiger partial charge is 0.371 e. The van der Waals surface area contributed by atoms with Crippen molar-refractivity contribution in [2.24, 2.45) is 5.92 Å². The smallest absolute Gasteiger partial charge is 0.0950 e. The van der Waals surface area contributed by atoms with Crippen molar-refractivity contribution in [3.05, 3.63) is 34.9 Å². The van der Waals surface area contributed by atoms with Gasteiger partial charge in [0.05, 0.1) is 12.7 Å². The molecule has 0 aromatic heterocycles. The zero-order chi connectivity index (χ0) is 12.4. The molecule has 17 heavy (non-hydrogen) atoms. The van der Waals surface area contributed by atoms with Gasteiger partial charge < -0.3 is 10.1 Å². The van der Waals surface area contributed by atoms with Gasteiger partial charge in [0.25, 0.3) is 0 Å². The molecule has 0 radical (unpaired) electrons. The van der Waals surface area contributed by atoms with Crippen LogP contribution < -0.4 is 5.32 Å². The Balaban J connectivity index is 2.03. The summed E-state index contributed by atoms with van der Waals surface area (Å²) in [5.41, 5.74) is 3.98. The molecule has 1 fully saturated rings. The molecule has 2 unspecified atom stereocenters. The van der Waals surface area contributed by atoms with E-state index in [2.05, 4.69) is 51.2 Å². The number of hydrogen-bond acceptors (Lipinski definition) is 2. The molecule has 2 rings (SSSR count). The number of benzene rings is 1. The van der Waals surface area contributed by atoms with E-state index >= 15 is 0 Å². The first-order valence-corrected chi connectivity index (χ1v) is 6.50. The maximum atomic E-state index is 5.97. The molecule has 2 atom stereocenters. The van der Waals surface area contributed by atoms with Gasteiger partial charge in [0.1, 0.15) is 0 Å². The van der Waals surface area contributed by atoms with Crippen LogP contribution in [0.3, 0.4) is 0 Å². The van der Waals surface area contributed by atoms with Gasteiger partial charge in [-0.2, -0.15) is 0 Å². The lowest BCUT2D eigenvalue weighted by Gasteiger charge is -2.33. The highest BCUT2D eigenvalue weighted by molar-refractivity contribution is 5.31. The van der Waals surface area contributed by atoms with Crippen LogP contribution in [0.5, 0.6) is 0 Å². The second-order valence-corrected chi connectivity index (χ2v) is 5.42. The Morgan fingerprint density at radius 3 is 2.53 bits per heavy atom. The highest BCUT2D eigenvalue weighted by atomic mass is 16.5. The van der Waals surface area contributed by atoms with Crippen molar-refractivity contribution in [2.75, 3.05) is 13.2 Å². The zero-order valence-electron chi connectivity index (χ0n) is 11.3. The number of ether oxygens (including phenoxy) is 1. The molecule has 0 amide bonds. The van der Waals surface area contributed by atoms with Crippen molar-refractivity contribution in [1.29, 1.82) is 0 Å². The lowest BCUT2D eigenvalue weighted by Crippen LogP contribution is -2.45. The molecule has 2 nitrogen and oxygen atoms in total. The minimum Gasteiger partial charge on any atom is -0.371 e. The lowest BCUT2D eigenvalue weighted by atomic mass is 9.99. The molecule has 0 aliphatic carbocycles. The van der Waals surface area contributed by atoms with E-state index in [0.29, 0.717) is 12.0 Å². The van der Waals surface area contributed by atoms with Crippen LogP contribution in [0.15, 0.2) is 18.2 Å². The predicted molar refractivity (Wildman–Crippen MR) is 71.2 cm³/mol. The topological polar surface area (TPSA) is 21.3 Å². The second-order valence-electron chi connectivity index (χ2n) is 5.42. The minimum absolute atomic E-state index is 0.212. The van der Waals surface area contributed by atoms with Crippen molar-refractivity contribution in [1.82, 2.24) is 5.32 Å². The van der Waals surface area contributed by atoms with Gasteiger partial charge in [-0.15, -0.1) is 0 Å². The molecular formula is C15H23NO. The maximum absolute atomic E-state index is 5.97. The third kappa shape index (κ3) is 2.88. The van der Waals surface area contributed by atoms with Crippen LogP contribution in [-0.4, -0.2) is 19.2 Å². The van der Waals surface area contributed by atoms with Crippen LogP contribution in [-0.2, 0) is 4.74 Å². The van der Waals surface area contributed by atoms with Crippen molar-refractivity contribution < 1.29 is 4.74 Å². The van der Waals surface area contributed by atoms with Crippen LogP contribution >= 0.6 is 0 Å². The van der Waals surface area contributed by atoms with Gasteiger partial charge in [-0.3, -0.25) is 0 Å². The summed E-state index contributed by atoms with van der Waals surface area (Å²) in [5.74, 6) is 0.635.